The fourth-order valence-electron chi connectivity index (χ4n) is 3.89. The van der Waals surface area contributed by atoms with Crippen molar-refractivity contribution < 1.29 is 33.3 Å². The number of thioether (sulfide) groups is 1. The molecule has 3 aliphatic rings. The van der Waals surface area contributed by atoms with Crippen molar-refractivity contribution in [2.45, 2.75) is 88.7 Å². The number of fused-ring (bicyclic) bond motifs is 1. The summed E-state index contributed by atoms with van der Waals surface area (Å²) < 4.78 is 22.1. The van der Waals surface area contributed by atoms with Crippen LogP contribution in [0, 0.1) is 0 Å². The highest BCUT2D eigenvalue weighted by Crippen LogP contribution is 2.39. The van der Waals surface area contributed by atoms with E-state index in [9.17, 15) is 14.4 Å². The summed E-state index contributed by atoms with van der Waals surface area (Å²) in [4.78, 5) is 39.4. The first-order valence-corrected chi connectivity index (χ1v) is 10.9. The summed E-state index contributed by atoms with van der Waals surface area (Å²) in [5.74, 6) is -1.53. The molecule has 2 fully saturated rings. The molecule has 2 aliphatic heterocycles. The predicted molar refractivity (Wildman–Crippen MR) is 105 cm³/mol. The van der Waals surface area contributed by atoms with Gasteiger partial charge in [-0.15, -0.1) is 0 Å². The van der Waals surface area contributed by atoms with Gasteiger partial charge in [0.1, 0.15) is 24.2 Å². The molecule has 9 nitrogen and oxygen atoms in total. The third kappa shape index (κ3) is 5.85. The van der Waals surface area contributed by atoms with Crippen LogP contribution < -0.4 is 5.32 Å². The molecule has 10 heteroatoms. The predicted octanol–water partition coefficient (Wildman–Crippen LogP) is 1.53. The Bertz CT molecular complexity index is 665. The monoisotopic (exact) mass is 428 g/mol. The molecule has 162 valence electrons. The van der Waals surface area contributed by atoms with Gasteiger partial charge in [-0.3, -0.25) is 19.4 Å². The molecule has 1 aliphatic carbocycles. The molecule has 0 aromatic heterocycles. The van der Waals surface area contributed by atoms with Crippen LogP contribution in [0.1, 0.15) is 52.9 Å². The van der Waals surface area contributed by atoms with E-state index in [-0.39, 0.29) is 6.61 Å². The number of hydrogen-bond acceptors (Lipinski definition) is 10. The molecule has 0 aromatic carbocycles. The number of ether oxygens (including phenoxy) is 4. The molecule has 5 atom stereocenters. The number of nitrogens with one attached hydrogen (secondary N) is 1. The fraction of sp³-hybridized carbons (Fsp3) is 0.789. The first-order valence-electron chi connectivity index (χ1n) is 9.97. The van der Waals surface area contributed by atoms with Crippen molar-refractivity contribution in [3.05, 3.63) is 0 Å². The highest BCUT2D eigenvalue weighted by Gasteiger charge is 2.53. The van der Waals surface area contributed by atoms with Crippen molar-refractivity contribution in [1.29, 1.82) is 0 Å². The molecule has 1 saturated carbocycles. The average molecular weight is 429 g/mol. The van der Waals surface area contributed by atoms with Gasteiger partial charge in [-0.25, -0.2) is 0 Å². The Labute approximate surface area is 174 Å². The van der Waals surface area contributed by atoms with E-state index < -0.39 is 47.7 Å². The third-order valence-corrected chi connectivity index (χ3v) is 6.17. The van der Waals surface area contributed by atoms with Gasteiger partial charge in [0, 0.05) is 26.8 Å². The Morgan fingerprint density at radius 2 is 1.69 bits per heavy atom. The zero-order chi connectivity index (χ0) is 21.0. The number of esters is 3. The second-order valence-corrected chi connectivity index (χ2v) is 8.60. The molecule has 0 radical (unpaired) electrons. The second kappa shape index (κ2) is 9.80. The van der Waals surface area contributed by atoms with Crippen LogP contribution in [0.2, 0.25) is 0 Å². The first kappa shape index (κ1) is 21.9. The summed E-state index contributed by atoms with van der Waals surface area (Å²) in [7, 11) is 0. The van der Waals surface area contributed by atoms with Crippen LogP contribution in [0.15, 0.2) is 4.99 Å². The maximum absolute atomic E-state index is 11.7. The molecule has 0 unspecified atom stereocenters. The van der Waals surface area contributed by atoms with Crippen LogP contribution in [0.3, 0.4) is 0 Å². The van der Waals surface area contributed by atoms with E-state index >= 15 is 0 Å². The SMILES string of the molecule is CC(=O)OC[C@H]1O[C@@H]2SC(NC3CCCCC3)=N[C@@H]2[C@@H](OC(C)=O)[C@@H]1OC(C)=O. The lowest BCUT2D eigenvalue weighted by Gasteiger charge is -2.41. The van der Waals surface area contributed by atoms with Crippen molar-refractivity contribution in [1.82, 2.24) is 5.32 Å². The zero-order valence-corrected chi connectivity index (χ0v) is 17.7. The van der Waals surface area contributed by atoms with E-state index in [1.165, 1.54) is 51.8 Å². The van der Waals surface area contributed by atoms with Gasteiger partial charge < -0.3 is 24.3 Å². The summed E-state index contributed by atoms with van der Waals surface area (Å²) >= 11 is 1.42. The van der Waals surface area contributed by atoms with Crippen LogP contribution in [0.5, 0.6) is 0 Å². The first-order chi connectivity index (χ1) is 13.8. The van der Waals surface area contributed by atoms with Gasteiger partial charge >= 0.3 is 17.9 Å². The molecule has 3 rings (SSSR count). The molecular weight excluding hydrogens is 400 g/mol. The van der Waals surface area contributed by atoms with Gasteiger partial charge in [0.05, 0.1) is 0 Å². The zero-order valence-electron chi connectivity index (χ0n) is 16.9. The summed E-state index contributed by atoms with van der Waals surface area (Å²) in [5.41, 5.74) is -0.433. The summed E-state index contributed by atoms with van der Waals surface area (Å²) in [6, 6.07) is -0.156. The number of aliphatic imine (C=N–C) groups is 1. The van der Waals surface area contributed by atoms with Crippen LogP contribution in [-0.2, 0) is 33.3 Å². The van der Waals surface area contributed by atoms with Gasteiger partial charge in [-0.05, 0) is 12.8 Å². The van der Waals surface area contributed by atoms with Gasteiger partial charge in [-0.2, -0.15) is 0 Å². The van der Waals surface area contributed by atoms with Crippen molar-refractivity contribution in [3.63, 3.8) is 0 Å². The van der Waals surface area contributed by atoms with E-state index in [1.807, 2.05) is 0 Å². The standard InChI is InChI=1S/C19H28N2O7S/c1-10(22)25-9-14-16(26-11(2)23)17(27-12(3)24)15-18(28-14)29-19(21-15)20-13-7-5-4-6-8-13/h13-18H,4-9H2,1-3H3,(H,20,21)/t14-,15-,16-,17-,18-/m1/s1. The van der Waals surface area contributed by atoms with E-state index in [4.69, 9.17) is 23.9 Å². The lowest BCUT2D eigenvalue weighted by molar-refractivity contribution is -0.208. The molecule has 1 saturated heterocycles. The van der Waals surface area contributed by atoms with Gasteiger partial charge in [0.25, 0.3) is 0 Å². The molecule has 1 N–H and O–H groups in total. The number of rotatable bonds is 5. The molecule has 29 heavy (non-hydrogen) atoms. The average Bonchev–Trinajstić information content (AvgIpc) is 3.04. The Balaban J connectivity index is 1.78. The number of carbonyl (C=O) groups excluding carboxylic acids is 3. The normalized spacial score (nSPS) is 32.0. The van der Waals surface area contributed by atoms with Gasteiger partial charge in [-0.1, -0.05) is 31.0 Å². The summed E-state index contributed by atoms with van der Waals surface area (Å²) in [6.45, 7) is 3.74. The largest absolute Gasteiger partial charge is 0.463 e. The minimum absolute atomic E-state index is 0.111. The Morgan fingerprint density at radius 3 is 2.31 bits per heavy atom. The molecule has 0 bridgehead atoms. The van der Waals surface area contributed by atoms with E-state index in [1.54, 1.807) is 0 Å². The van der Waals surface area contributed by atoms with E-state index in [0.717, 1.165) is 18.0 Å². The number of hydrogen-bond donors (Lipinski definition) is 1. The van der Waals surface area contributed by atoms with Crippen molar-refractivity contribution in [3.8, 4) is 0 Å². The Hall–Kier alpha value is -1.81. The summed E-state index contributed by atoms with van der Waals surface area (Å²) in [6.07, 6.45) is 3.31. The van der Waals surface area contributed by atoms with Gasteiger partial charge in [0.15, 0.2) is 17.4 Å². The Morgan fingerprint density at radius 1 is 1.03 bits per heavy atom. The van der Waals surface area contributed by atoms with Crippen molar-refractivity contribution in [2.24, 2.45) is 4.99 Å². The highest BCUT2D eigenvalue weighted by atomic mass is 32.2. The number of carbonyl (C=O) groups is 3. The smallest absolute Gasteiger partial charge is 0.303 e. The lowest BCUT2D eigenvalue weighted by Crippen LogP contribution is -2.59. The number of nitrogens with zero attached hydrogens (tertiary/aromatic N) is 1. The fourth-order valence-corrected chi connectivity index (χ4v) is 5.08. The maximum Gasteiger partial charge on any atom is 0.303 e. The maximum atomic E-state index is 11.7. The van der Waals surface area contributed by atoms with Gasteiger partial charge in [0.2, 0.25) is 0 Å². The Kier molecular flexibility index (Phi) is 7.39. The minimum Gasteiger partial charge on any atom is -0.463 e. The van der Waals surface area contributed by atoms with E-state index in [0.29, 0.717) is 6.04 Å². The van der Waals surface area contributed by atoms with Crippen LogP contribution in [0.4, 0.5) is 0 Å². The molecule has 0 amide bonds. The van der Waals surface area contributed by atoms with Crippen LogP contribution in [0.25, 0.3) is 0 Å². The number of amidine groups is 1. The molecule has 0 aromatic rings. The van der Waals surface area contributed by atoms with Crippen molar-refractivity contribution in [2.75, 3.05) is 6.61 Å². The van der Waals surface area contributed by atoms with Crippen LogP contribution >= 0.6 is 11.8 Å². The van der Waals surface area contributed by atoms with E-state index in [2.05, 4.69) is 5.32 Å². The topological polar surface area (TPSA) is 113 Å². The molecule has 2 heterocycles. The third-order valence-electron chi connectivity index (χ3n) is 5.10. The van der Waals surface area contributed by atoms with Crippen molar-refractivity contribution >= 4 is 34.8 Å². The summed E-state index contributed by atoms with van der Waals surface area (Å²) in [5, 5.41) is 4.20. The molecular formula is C19H28N2O7S. The quantitative estimate of drug-likeness (QED) is 0.514. The van der Waals surface area contributed by atoms with Crippen LogP contribution in [-0.4, -0.2) is 65.5 Å². The highest BCUT2D eigenvalue weighted by molar-refractivity contribution is 8.14. The minimum atomic E-state index is -0.921. The molecule has 0 spiro atoms. The lowest BCUT2D eigenvalue weighted by atomic mass is 9.96. The second-order valence-electron chi connectivity index (χ2n) is 7.52.